The van der Waals surface area contributed by atoms with Crippen molar-refractivity contribution in [1.82, 2.24) is 30.2 Å². The highest BCUT2D eigenvalue weighted by molar-refractivity contribution is 5.76. The standard InChI is InChI=1S/C27H33F2N7O2/c1-30-34-9-5-23-22(16-34)26(33-36(23)19-6-10-38-11-7-19)35-8-3-4-17-12-20(21(25(28)29)13-24(17)35)18-14-31-27(37-2)32-15-18/h12-15,19,25,30H,3-11,16H2,1-2H3. The van der Waals surface area contributed by atoms with Gasteiger partial charge in [0.2, 0.25) is 0 Å². The number of methoxy groups -OCH3 is 1. The fourth-order valence-electron chi connectivity index (χ4n) is 5.93. The highest BCUT2D eigenvalue weighted by Crippen LogP contribution is 2.43. The number of hydrogen-bond acceptors (Lipinski definition) is 8. The van der Waals surface area contributed by atoms with Crippen LogP contribution in [0.4, 0.5) is 20.3 Å². The predicted molar refractivity (Wildman–Crippen MR) is 139 cm³/mol. The first-order chi connectivity index (χ1) is 18.6. The van der Waals surface area contributed by atoms with Crippen LogP contribution >= 0.6 is 0 Å². The van der Waals surface area contributed by atoms with Gasteiger partial charge in [0, 0.05) is 79.7 Å². The molecule has 6 rings (SSSR count). The number of hydrazine groups is 1. The summed E-state index contributed by atoms with van der Waals surface area (Å²) in [5.41, 5.74) is 8.53. The number of nitrogens with one attached hydrogen (secondary N) is 1. The van der Waals surface area contributed by atoms with Crippen LogP contribution in [-0.4, -0.2) is 65.2 Å². The van der Waals surface area contributed by atoms with Crippen LogP contribution in [0.3, 0.4) is 0 Å². The van der Waals surface area contributed by atoms with E-state index in [2.05, 4.69) is 30.0 Å². The maximum atomic E-state index is 14.4. The number of anilines is 2. The van der Waals surface area contributed by atoms with Crippen molar-refractivity contribution in [1.29, 1.82) is 0 Å². The summed E-state index contributed by atoms with van der Waals surface area (Å²) in [6.45, 7) is 3.83. The summed E-state index contributed by atoms with van der Waals surface area (Å²) in [5.74, 6) is 0.883. The molecule has 3 aliphatic heterocycles. The first-order valence-corrected chi connectivity index (χ1v) is 13.3. The van der Waals surface area contributed by atoms with Gasteiger partial charge in [-0.1, -0.05) is 0 Å². The first-order valence-electron chi connectivity index (χ1n) is 13.3. The molecule has 5 heterocycles. The lowest BCUT2D eigenvalue weighted by Gasteiger charge is -2.33. The summed E-state index contributed by atoms with van der Waals surface area (Å²) in [5, 5.41) is 7.38. The molecular weight excluding hydrogens is 492 g/mol. The van der Waals surface area contributed by atoms with Crippen molar-refractivity contribution in [2.45, 2.75) is 51.1 Å². The lowest BCUT2D eigenvalue weighted by molar-refractivity contribution is 0.0648. The van der Waals surface area contributed by atoms with Crippen molar-refractivity contribution < 1.29 is 18.3 Å². The van der Waals surface area contributed by atoms with Crippen LogP contribution in [0, 0.1) is 0 Å². The van der Waals surface area contributed by atoms with E-state index in [9.17, 15) is 8.78 Å². The van der Waals surface area contributed by atoms with Gasteiger partial charge >= 0.3 is 6.01 Å². The van der Waals surface area contributed by atoms with Crippen molar-refractivity contribution in [3.63, 3.8) is 0 Å². The minimum Gasteiger partial charge on any atom is -0.467 e. The average Bonchev–Trinajstić information content (AvgIpc) is 3.35. The third-order valence-electron chi connectivity index (χ3n) is 7.90. The van der Waals surface area contributed by atoms with Crippen LogP contribution in [0.1, 0.15) is 54.1 Å². The van der Waals surface area contributed by atoms with Crippen LogP contribution in [0.15, 0.2) is 24.5 Å². The van der Waals surface area contributed by atoms with Gasteiger partial charge in [0.05, 0.1) is 13.2 Å². The normalized spacial score (nSPS) is 18.5. The van der Waals surface area contributed by atoms with Crippen LogP contribution in [-0.2, 0) is 24.1 Å². The molecule has 1 fully saturated rings. The molecule has 3 aromatic rings. The summed E-state index contributed by atoms with van der Waals surface area (Å²) in [7, 11) is 3.41. The Morgan fingerprint density at radius 2 is 1.89 bits per heavy atom. The second-order valence-corrected chi connectivity index (χ2v) is 10.0. The van der Waals surface area contributed by atoms with Crippen molar-refractivity contribution in [3.05, 3.63) is 46.9 Å². The Morgan fingerprint density at radius 3 is 2.61 bits per heavy atom. The molecule has 2 aromatic heterocycles. The molecule has 3 aliphatic rings. The van der Waals surface area contributed by atoms with E-state index in [-0.39, 0.29) is 11.6 Å². The van der Waals surface area contributed by atoms with Gasteiger partial charge in [-0.2, -0.15) is 5.10 Å². The first kappa shape index (κ1) is 25.1. The third kappa shape index (κ3) is 4.52. The fraction of sp³-hybridized carbons (Fsp3) is 0.519. The molecule has 0 atom stereocenters. The number of aromatic nitrogens is 4. The SMILES string of the molecule is CNN1CCc2c(c(N3CCCc4cc(-c5cnc(OC)nc5)c(C(F)F)cc43)nn2C2CCOCC2)C1. The Bertz CT molecular complexity index is 1290. The van der Waals surface area contributed by atoms with Gasteiger partial charge in [-0.05, 0) is 56.0 Å². The zero-order valence-corrected chi connectivity index (χ0v) is 21.8. The molecule has 202 valence electrons. The molecule has 1 aromatic carbocycles. The molecule has 0 unspecified atom stereocenters. The predicted octanol–water partition coefficient (Wildman–Crippen LogP) is 4.21. The monoisotopic (exact) mass is 525 g/mol. The molecular formula is C27H33F2N7O2. The molecule has 0 radical (unpaired) electrons. The van der Waals surface area contributed by atoms with E-state index in [0.717, 1.165) is 82.0 Å². The van der Waals surface area contributed by atoms with Gasteiger partial charge < -0.3 is 14.4 Å². The Hall–Kier alpha value is -3.15. The number of fused-ring (bicyclic) bond motifs is 2. The van der Waals surface area contributed by atoms with Gasteiger partial charge in [-0.15, -0.1) is 0 Å². The zero-order chi connectivity index (χ0) is 26.2. The highest BCUT2D eigenvalue weighted by atomic mass is 19.3. The Morgan fingerprint density at radius 1 is 1.11 bits per heavy atom. The minimum absolute atomic E-state index is 0.0287. The van der Waals surface area contributed by atoms with E-state index in [1.165, 1.54) is 30.8 Å². The van der Waals surface area contributed by atoms with Gasteiger partial charge in [0.1, 0.15) is 0 Å². The number of halogens is 2. The lowest BCUT2D eigenvalue weighted by Crippen LogP contribution is -2.40. The quantitative estimate of drug-likeness (QED) is 0.513. The maximum absolute atomic E-state index is 14.4. The van der Waals surface area contributed by atoms with E-state index in [4.69, 9.17) is 14.6 Å². The second kappa shape index (κ2) is 10.5. The summed E-state index contributed by atoms with van der Waals surface area (Å²) in [6.07, 6.45) is 4.91. The number of aryl methyl sites for hydroxylation is 1. The largest absolute Gasteiger partial charge is 0.467 e. The Kier molecular flexibility index (Phi) is 6.98. The molecule has 0 spiro atoms. The number of alkyl halides is 2. The van der Waals surface area contributed by atoms with Crippen molar-refractivity contribution >= 4 is 11.5 Å². The Labute approximate surface area is 220 Å². The summed E-state index contributed by atoms with van der Waals surface area (Å²) >= 11 is 0. The highest BCUT2D eigenvalue weighted by Gasteiger charge is 2.33. The third-order valence-corrected chi connectivity index (χ3v) is 7.90. The average molecular weight is 526 g/mol. The summed E-state index contributed by atoms with van der Waals surface area (Å²) in [6, 6.07) is 4.04. The number of rotatable bonds is 6. The molecule has 38 heavy (non-hydrogen) atoms. The number of hydrogen-bond donors (Lipinski definition) is 1. The molecule has 0 bridgehead atoms. The molecule has 0 aliphatic carbocycles. The fourth-order valence-corrected chi connectivity index (χ4v) is 5.93. The second-order valence-electron chi connectivity index (χ2n) is 10.0. The molecule has 0 saturated carbocycles. The smallest absolute Gasteiger partial charge is 0.316 e. The van der Waals surface area contributed by atoms with E-state index in [1.54, 1.807) is 6.07 Å². The van der Waals surface area contributed by atoms with Gasteiger partial charge in [-0.25, -0.2) is 23.8 Å². The minimum atomic E-state index is -2.64. The van der Waals surface area contributed by atoms with Crippen molar-refractivity contribution in [2.24, 2.45) is 0 Å². The molecule has 1 saturated heterocycles. The molecule has 1 N–H and O–H groups in total. The molecule has 9 nitrogen and oxygen atoms in total. The van der Waals surface area contributed by atoms with Gasteiger partial charge in [0.15, 0.2) is 5.82 Å². The Balaban J connectivity index is 1.45. The molecule has 11 heteroatoms. The van der Waals surface area contributed by atoms with E-state index in [1.807, 2.05) is 13.1 Å². The van der Waals surface area contributed by atoms with Crippen molar-refractivity contribution in [2.75, 3.05) is 45.4 Å². The molecule has 0 amide bonds. The van der Waals surface area contributed by atoms with Gasteiger partial charge in [0.25, 0.3) is 6.43 Å². The maximum Gasteiger partial charge on any atom is 0.316 e. The van der Waals surface area contributed by atoms with Gasteiger partial charge in [-0.3, -0.25) is 10.1 Å². The van der Waals surface area contributed by atoms with E-state index < -0.39 is 6.43 Å². The van der Waals surface area contributed by atoms with Crippen LogP contribution in [0.25, 0.3) is 11.1 Å². The number of benzene rings is 1. The summed E-state index contributed by atoms with van der Waals surface area (Å²) < 4.78 is 41.8. The van der Waals surface area contributed by atoms with Crippen molar-refractivity contribution in [3.8, 4) is 17.1 Å². The van der Waals surface area contributed by atoms with E-state index in [0.29, 0.717) is 17.2 Å². The van der Waals surface area contributed by atoms with Crippen LogP contribution in [0.2, 0.25) is 0 Å². The van der Waals surface area contributed by atoms with E-state index >= 15 is 0 Å². The topological polar surface area (TPSA) is 80.6 Å². The lowest BCUT2D eigenvalue weighted by atomic mass is 9.92. The van der Waals surface area contributed by atoms with Crippen LogP contribution in [0.5, 0.6) is 6.01 Å². The number of ether oxygens (including phenoxy) is 2. The summed E-state index contributed by atoms with van der Waals surface area (Å²) in [4.78, 5) is 10.4. The number of nitrogens with zero attached hydrogens (tertiary/aromatic N) is 6. The zero-order valence-electron chi connectivity index (χ0n) is 21.8. The van der Waals surface area contributed by atoms with Crippen LogP contribution < -0.4 is 15.1 Å².